The summed E-state index contributed by atoms with van der Waals surface area (Å²) in [5.74, 6) is 0.141. The minimum Gasteiger partial charge on any atom is -0.484 e. The Bertz CT molecular complexity index is 899. The fourth-order valence-electron chi connectivity index (χ4n) is 2.66. The summed E-state index contributed by atoms with van der Waals surface area (Å²) in [4.78, 5) is 12.2. The van der Waals surface area contributed by atoms with Gasteiger partial charge >= 0.3 is 0 Å². The quantitative estimate of drug-likeness (QED) is 0.641. The lowest BCUT2D eigenvalue weighted by atomic mass is 10.1. The van der Waals surface area contributed by atoms with Gasteiger partial charge < -0.3 is 10.1 Å². The summed E-state index contributed by atoms with van der Waals surface area (Å²) >= 11 is 0. The minimum absolute atomic E-state index is 0.146. The average Bonchev–Trinajstić information content (AvgIpc) is 2.64. The highest BCUT2D eigenvalue weighted by atomic mass is 32.2. The highest BCUT2D eigenvalue weighted by Crippen LogP contribution is 2.18. The standard InChI is InChI=1S/C22H30N2O4S/c1-5-6-7-17-8-10-18(11-9-17)23-21(25)16-28-19-12-14-20(15-13-19)29(26,27)24-22(2,3)4/h8-15,24H,5-7,16H2,1-4H3,(H,23,25). The Hall–Kier alpha value is -2.38. The molecule has 0 saturated carbocycles. The second kappa shape index (κ2) is 9.89. The zero-order valence-corrected chi connectivity index (χ0v) is 18.3. The van der Waals surface area contributed by atoms with Gasteiger partial charge in [0.25, 0.3) is 5.91 Å². The lowest BCUT2D eigenvalue weighted by Gasteiger charge is -2.20. The number of unbranched alkanes of at least 4 members (excludes halogenated alkanes) is 1. The summed E-state index contributed by atoms with van der Waals surface area (Å²) in [5.41, 5.74) is 1.39. The Balaban J connectivity index is 1.87. The molecule has 0 aliphatic heterocycles. The van der Waals surface area contributed by atoms with Crippen molar-refractivity contribution in [2.24, 2.45) is 0 Å². The molecule has 7 heteroatoms. The zero-order valence-electron chi connectivity index (χ0n) is 17.5. The maximum atomic E-state index is 12.3. The first-order chi connectivity index (χ1) is 13.6. The van der Waals surface area contributed by atoms with Crippen molar-refractivity contribution >= 4 is 21.6 Å². The molecule has 2 aromatic rings. The second-order valence-electron chi connectivity index (χ2n) is 7.96. The first kappa shape index (κ1) is 22.9. The van der Waals surface area contributed by atoms with Crippen molar-refractivity contribution in [1.29, 1.82) is 0 Å². The molecule has 0 heterocycles. The van der Waals surface area contributed by atoms with E-state index in [1.54, 1.807) is 20.8 Å². The fraction of sp³-hybridized carbons (Fsp3) is 0.409. The van der Waals surface area contributed by atoms with Gasteiger partial charge in [-0.15, -0.1) is 0 Å². The summed E-state index contributed by atoms with van der Waals surface area (Å²) < 4.78 is 32.6. The number of rotatable bonds is 9. The fourth-order valence-corrected chi connectivity index (χ4v) is 4.08. The highest BCUT2D eigenvalue weighted by molar-refractivity contribution is 7.89. The Morgan fingerprint density at radius 2 is 1.62 bits per heavy atom. The van der Waals surface area contributed by atoms with Gasteiger partial charge in [-0.2, -0.15) is 0 Å². The number of carbonyl (C=O) groups is 1. The van der Waals surface area contributed by atoms with Gasteiger partial charge in [0.1, 0.15) is 5.75 Å². The summed E-state index contributed by atoms with van der Waals surface area (Å²) in [6.07, 6.45) is 3.33. The Kier molecular flexibility index (Phi) is 7.81. The Morgan fingerprint density at radius 3 is 2.17 bits per heavy atom. The average molecular weight is 419 g/mol. The number of amides is 1. The summed E-state index contributed by atoms with van der Waals surface area (Å²) in [7, 11) is -3.60. The number of benzene rings is 2. The SMILES string of the molecule is CCCCc1ccc(NC(=O)COc2ccc(S(=O)(=O)NC(C)(C)C)cc2)cc1. The zero-order chi connectivity index (χ0) is 21.5. The van der Waals surface area contributed by atoms with E-state index in [4.69, 9.17) is 4.74 Å². The van der Waals surface area contributed by atoms with Gasteiger partial charge in [-0.3, -0.25) is 4.79 Å². The number of hydrogen-bond donors (Lipinski definition) is 2. The molecule has 0 atom stereocenters. The van der Waals surface area contributed by atoms with Crippen LogP contribution in [0.4, 0.5) is 5.69 Å². The molecule has 0 unspecified atom stereocenters. The van der Waals surface area contributed by atoms with Crippen LogP contribution in [0.3, 0.4) is 0 Å². The molecule has 2 rings (SSSR count). The molecule has 2 aromatic carbocycles. The number of aryl methyl sites for hydroxylation is 1. The van der Waals surface area contributed by atoms with E-state index < -0.39 is 15.6 Å². The van der Waals surface area contributed by atoms with E-state index in [0.29, 0.717) is 11.4 Å². The van der Waals surface area contributed by atoms with E-state index in [1.165, 1.54) is 29.8 Å². The topological polar surface area (TPSA) is 84.5 Å². The van der Waals surface area contributed by atoms with Gasteiger partial charge in [0.2, 0.25) is 10.0 Å². The third kappa shape index (κ3) is 7.87. The summed E-state index contributed by atoms with van der Waals surface area (Å²) in [6, 6.07) is 13.8. The van der Waals surface area contributed by atoms with E-state index in [9.17, 15) is 13.2 Å². The number of carbonyl (C=O) groups excluding carboxylic acids is 1. The van der Waals surface area contributed by atoms with E-state index in [0.717, 1.165) is 19.3 Å². The van der Waals surface area contributed by atoms with Crippen LogP contribution < -0.4 is 14.8 Å². The van der Waals surface area contributed by atoms with Crippen LogP contribution in [-0.4, -0.2) is 26.5 Å². The van der Waals surface area contributed by atoms with Crippen LogP contribution in [-0.2, 0) is 21.2 Å². The number of anilines is 1. The van der Waals surface area contributed by atoms with Crippen LogP contribution in [0.25, 0.3) is 0 Å². The van der Waals surface area contributed by atoms with Crippen LogP contribution in [0.2, 0.25) is 0 Å². The Labute approximate surface area is 173 Å². The predicted molar refractivity (Wildman–Crippen MR) is 116 cm³/mol. The Morgan fingerprint density at radius 1 is 1.00 bits per heavy atom. The van der Waals surface area contributed by atoms with E-state index in [-0.39, 0.29) is 17.4 Å². The molecule has 1 amide bonds. The number of ether oxygens (including phenoxy) is 1. The first-order valence-electron chi connectivity index (χ1n) is 9.75. The maximum absolute atomic E-state index is 12.3. The van der Waals surface area contributed by atoms with E-state index >= 15 is 0 Å². The third-order valence-electron chi connectivity index (χ3n) is 4.00. The molecular formula is C22H30N2O4S. The third-order valence-corrected chi connectivity index (χ3v) is 5.78. The minimum atomic E-state index is -3.60. The van der Waals surface area contributed by atoms with Crippen molar-refractivity contribution in [2.75, 3.05) is 11.9 Å². The van der Waals surface area contributed by atoms with Crippen LogP contribution in [0.15, 0.2) is 53.4 Å². The smallest absolute Gasteiger partial charge is 0.262 e. The van der Waals surface area contributed by atoms with Gasteiger partial charge in [-0.05, 0) is 75.6 Å². The van der Waals surface area contributed by atoms with Crippen molar-refractivity contribution < 1.29 is 17.9 Å². The highest BCUT2D eigenvalue weighted by Gasteiger charge is 2.21. The lowest BCUT2D eigenvalue weighted by Crippen LogP contribution is -2.40. The molecule has 0 fully saturated rings. The van der Waals surface area contributed by atoms with Crippen LogP contribution in [0.1, 0.15) is 46.1 Å². The van der Waals surface area contributed by atoms with Crippen LogP contribution >= 0.6 is 0 Å². The van der Waals surface area contributed by atoms with Crippen molar-refractivity contribution in [1.82, 2.24) is 4.72 Å². The van der Waals surface area contributed by atoms with E-state index in [2.05, 4.69) is 17.0 Å². The molecule has 0 aliphatic rings. The van der Waals surface area contributed by atoms with Gasteiger partial charge in [-0.25, -0.2) is 13.1 Å². The molecule has 6 nitrogen and oxygen atoms in total. The molecule has 0 radical (unpaired) electrons. The molecule has 0 spiro atoms. The van der Waals surface area contributed by atoms with Gasteiger partial charge in [0, 0.05) is 11.2 Å². The van der Waals surface area contributed by atoms with Crippen molar-refractivity contribution in [3.05, 3.63) is 54.1 Å². The summed E-state index contributed by atoms with van der Waals surface area (Å²) in [6.45, 7) is 7.33. The van der Waals surface area contributed by atoms with Crippen LogP contribution in [0, 0.1) is 0 Å². The lowest BCUT2D eigenvalue weighted by molar-refractivity contribution is -0.118. The molecule has 2 N–H and O–H groups in total. The van der Waals surface area contributed by atoms with Crippen molar-refractivity contribution in [2.45, 2.75) is 57.4 Å². The monoisotopic (exact) mass is 418 g/mol. The van der Waals surface area contributed by atoms with Crippen LogP contribution in [0.5, 0.6) is 5.75 Å². The molecule has 158 valence electrons. The van der Waals surface area contributed by atoms with Crippen molar-refractivity contribution in [3.8, 4) is 5.75 Å². The number of sulfonamides is 1. The summed E-state index contributed by atoms with van der Waals surface area (Å²) in [5, 5.41) is 2.79. The second-order valence-corrected chi connectivity index (χ2v) is 9.65. The molecule has 0 aromatic heterocycles. The largest absolute Gasteiger partial charge is 0.484 e. The number of nitrogens with one attached hydrogen (secondary N) is 2. The van der Waals surface area contributed by atoms with Gasteiger partial charge in [0.15, 0.2) is 6.61 Å². The number of hydrogen-bond acceptors (Lipinski definition) is 4. The normalized spacial score (nSPS) is 11.9. The molecule has 0 bridgehead atoms. The van der Waals surface area contributed by atoms with Gasteiger partial charge in [0.05, 0.1) is 4.90 Å². The van der Waals surface area contributed by atoms with Crippen molar-refractivity contribution in [3.63, 3.8) is 0 Å². The molecule has 29 heavy (non-hydrogen) atoms. The maximum Gasteiger partial charge on any atom is 0.262 e. The molecule has 0 aliphatic carbocycles. The first-order valence-corrected chi connectivity index (χ1v) is 11.2. The van der Waals surface area contributed by atoms with Gasteiger partial charge in [-0.1, -0.05) is 25.5 Å². The predicted octanol–water partition coefficient (Wildman–Crippen LogP) is 4.12. The molecular weight excluding hydrogens is 388 g/mol. The van der Waals surface area contributed by atoms with E-state index in [1.807, 2.05) is 24.3 Å². The molecule has 0 saturated heterocycles.